The summed E-state index contributed by atoms with van der Waals surface area (Å²) in [6.07, 6.45) is 11.4. The number of rotatable bonds is 8. The molecule has 0 bridgehead atoms. The molecule has 1 rings (SSSR count). The predicted molar refractivity (Wildman–Crippen MR) is 74.4 cm³/mol. The first kappa shape index (κ1) is 16.6. The van der Waals surface area contributed by atoms with Gasteiger partial charge in [-0.05, 0) is 12.8 Å². The molecule has 0 saturated heterocycles. The smallest absolute Gasteiger partial charge is 0.181 e. The van der Waals surface area contributed by atoms with Crippen LogP contribution in [-0.2, 0) is 13.0 Å². The Morgan fingerprint density at radius 2 is 1.72 bits per heavy atom. The molecule has 0 atom stereocenters. The fraction of sp³-hybridized carbons (Fsp3) is 0.625. The Morgan fingerprint density at radius 1 is 1.00 bits per heavy atom. The first-order valence-corrected chi connectivity index (χ1v) is 7.08. The Bertz CT molecular complexity index is 318. The summed E-state index contributed by atoms with van der Waals surface area (Å²) in [5.74, 6) is 0. The van der Waals surface area contributed by atoms with E-state index in [2.05, 4.69) is 42.8 Å². The second kappa shape index (κ2) is 12.1. The average Bonchev–Trinajstić information content (AvgIpc) is 2.44. The summed E-state index contributed by atoms with van der Waals surface area (Å²) in [6.45, 7) is 10.5. The summed E-state index contributed by atoms with van der Waals surface area (Å²) in [5.41, 5.74) is 1.50. The molecule has 1 heterocycles. The summed E-state index contributed by atoms with van der Waals surface area (Å²) in [7, 11) is 0. The molecule has 0 unspecified atom stereocenters. The van der Waals surface area contributed by atoms with Crippen LogP contribution in [0.2, 0.25) is 0 Å². The minimum absolute atomic E-state index is 1.19. The summed E-state index contributed by atoms with van der Waals surface area (Å²) < 4.78 is 2.44. The minimum Gasteiger partial charge on any atom is -0.512 e. The van der Waals surface area contributed by atoms with Crippen LogP contribution in [0.4, 0.5) is 0 Å². The molecule has 2 heteroatoms. The van der Waals surface area contributed by atoms with E-state index in [0.29, 0.717) is 0 Å². The first-order chi connectivity index (χ1) is 8.88. The highest BCUT2D eigenvalue weighted by Gasteiger charge is 2.07. The zero-order chi connectivity index (χ0) is 13.6. The number of nitrogens with zero attached hydrogens (tertiary/aromatic N) is 2. The van der Waals surface area contributed by atoms with Crippen molar-refractivity contribution in [2.75, 3.05) is 0 Å². The average molecular weight is 246 g/mol. The van der Waals surface area contributed by atoms with E-state index in [4.69, 9.17) is 11.8 Å². The molecule has 0 aliphatic carbocycles. The Hall–Kier alpha value is -1.36. The minimum atomic E-state index is 1.19. The van der Waals surface area contributed by atoms with E-state index >= 15 is 0 Å². The Balaban J connectivity index is 0.00000137. The molecule has 1 aromatic rings. The summed E-state index contributed by atoms with van der Waals surface area (Å²) >= 11 is 0. The number of aromatic nitrogens is 1. The number of hydrogen-bond donors (Lipinski definition) is 0. The van der Waals surface area contributed by atoms with Crippen LogP contribution in [0.25, 0.3) is 0 Å². The van der Waals surface area contributed by atoms with E-state index in [1.54, 1.807) is 0 Å². The van der Waals surface area contributed by atoms with Crippen molar-refractivity contribution in [3.05, 3.63) is 36.7 Å². The van der Waals surface area contributed by atoms with Crippen molar-refractivity contribution in [2.24, 2.45) is 0 Å². The molecule has 100 valence electrons. The normalized spacial score (nSPS) is 9.56. The molecule has 18 heavy (non-hydrogen) atoms. The van der Waals surface area contributed by atoms with E-state index < -0.39 is 0 Å². The fourth-order valence-corrected chi connectivity index (χ4v) is 2.02. The van der Waals surface area contributed by atoms with Crippen LogP contribution in [0.15, 0.2) is 24.4 Å². The molecular weight excluding hydrogens is 220 g/mol. The van der Waals surface area contributed by atoms with Gasteiger partial charge in [-0.25, -0.2) is 4.57 Å². The lowest BCUT2D eigenvalue weighted by atomic mass is 10.1. The Labute approximate surface area is 112 Å². The largest absolute Gasteiger partial charge is 0.512 e. The van der Waals surface area contributed by atoms with E-state index in [9.17, 15) is 0 Å². The van der Waals surface area contributed by atoms with Gasteiger partial charge in [-0.3, -0.25) is 0 Å². The van der Waals surface area contributed by atoms with Crippen LogP contribution in [0.5, 0.6) is 0 Å². The number of unbranched alkanes of at least 4 members (excludes halogenated alkanes) is 4. The van der Waals surface area contributed by atoms with Gasteiger partial charge in [-0.15, -0.1) is 0 Å². The molecule has 0 fully saturated rings. The Morgan fingerprint density at radius 3 is 2.39 bits per heavy atom. The van der Waals surface area contributed by atoms with Gasteiger partial charge in [0.25, 0.3) is 0 Å². The number of pyridine rings is 1. The van der Waals surface area contributed by atoms with Gasteiger partial charge in [0.1, 0.15) is 6.54 Å². The van der Waals surface area contributed by atoms with Crippen molar-refractivity contribution in [3.63, 3.8) is 0 Å². The second-order valence-electron chi connectivity index (χ2n) is 4.55. The monoisotopic (exact) mass is 246 g/mol. The van der Waals surface area contributed by atoms with Crippen LogP contribution in [0.1, 0.15) is 58.1 Å². The van der Waals surface area contributed by atoms with Gasteiger partial charge >= 0.3 is 0 Å². The molecule has 0 aromatic carbocycles. The summed E-state index contributed by atoms with van der Waals surface area (Å²) in [6, 6.07) is 6.58. The lowest BCUT2D eigenvalue weighted by Crippen LogP contribution is -2.37. The quantitative estimate of drug-likeness (QED) is 0.387. The molecule has 1 aromatic heterocycles. The molecule has 0 radical (unpaired) electrons. The molecule has 0 amide bonds. The summed E-state index contributed by atoms with van der Waals surface area (Å²) in [5, 5.41) is 6.25. The predicted octanol–water partition coefficient (Wildman–Crippen LogP) is 3.99. The standard InChI is InChI=1S/C15H26N.CN/c1-3-5-7-9-13-16-14-10-8-12-15(16)11-6-4-2;1-2/h8,10,12,14H,3-7,9,11,13H2,1-2H3;/q+1;-1. The van der Waals surface area contributed by atoms with Gasteiger partial charge in [0.2, 0.25) is 0 Å². The van der Waals surface area contributed by atoms with Crippen LogP contribution in [-0.4, -0.2) is 0 Å². The number of hydrogen-bond acceptors (Lipinski definition) is 1. The molecule has 0 aliphatic rings. The van der Waals surface area contributed by atoms with E-state index in [0.717, 1.165) is 0 Å². The van der Waals surface area contributed by atoms with Crippen molar-refractivity contribution in [3.8, 4) is 0 Å². The first-order valence-electron chi connectivity index (χ1n) is 7.08. The summed E-state index contributed by atoms with van der Waals surface area (Å²) in [4.78, 5) is 0. The lowest BCUT2D eigenvalue weighted by molar-refractivity contribution is -0.704. The van der Waals surface area contributed by atoms with Gasteiger partial charge < -0.3 is 11.8 Å². The maximum absolute atomic E-state index is 6.25. The van der Waals surface area contributed by atoms with Gasteiger partial charge in [0.15, 0.2) is 11.9 Å². The van der Waals surface area contributed by atoms with Gasteiger partial charge in [0, 0.05) is 25.0 Å². The fourth-order valence-electron chi connectivity index (χ4n) is 2.02. The van der Waals surface area contributed by atoms with Gasteiger partial charge in [0.05, 0.1) is 0 Å². The highest BCUT2D eigenvalue weighted by molar-refractivity contribution is 4.97. The van der Waals surface area contributed by atoms with Crippen LogP contribution in [0.3, 0.4) is 0 Å². The van der Waals surface area contributed by atoms with Crippen molar-refractivity contribution in [1.29, 1.82) is 5.26 Å². The molecule has 0 aliphatic heterocycles. The van der Waals surface area contributed by atoms with E-state index in [1.165, 1.54) is 57.2 Å². The third kappa shape index (κ3) is 7.06. The molecule has 0 spiro atoms. The van der Waals surface area contributed by atoms with Crippen LogP contribution < -0.4 is 4.57 Å². The maximum Gasteiger partial charge on any atom is 0.181 e. The van der Waals surface area contributed by atoms with Crippen molar-refractivity contribution >= 4 is 0 Å². The van der Waals surface area contributed by atoms with Crippen LogP contribution >= 0.6 is 0 Å². The Kier molecular flexibility index (Phi) is 11.2. The van der Waals surface area contributed by atoms with Gasteiger partial charge in [-0.1, -0.05) is 39.2 Å². The maximum atomic E-state index is 6.25. The lowest BCUT2D eigenvalue weighted by Gasteiger charge is -2.03. The van der Waals surface area contributed by atoms with Crippen molar-refractivity contribution in [2.45, 2.75) is 65.3 Å². The van der Waals surface area contributed by atoms with Crippen LogP contribution in [0, 0.1) is 11.8 Å². The van der Waals surface area contributed by atoms with E-state index in [-0.39, 0.29) is 0 Å². The van der Waals surface area contributed by atoms with E-state index in [1.807, 2.05) is 0 Å². The van der Waals surface area contributed by atoms with Crippen molar-refractivity contribution < 1.29 is 4.57 Å². The second-order valence-corrected chi connectivity index (χ2v) is 4.55. The molecule has 2 nitrogen and oxygen atoms in total. The molecule has 0 saturated carbocycles. The topological polar surface area (TPSA) is 27.7 Å². The SMILES string of the molecule is CCCCCC[n+]1ccccc1CCCC.[C-]#N. The third-order valence-corrected chi connectivity index (χ3v) is 3.07. The highest BCUT2D eigenvalue weighted by atomic mass is 14.9. The zero-order valence-corrected chi connectivity index (χ0v) is 11.9. The van der Waals surface area contributed by atoms with Crippen molar-refractivity contribution in [1.82, 2.24) is 0 Å². The third-order valence-electron chi connectivity index (χ3n) is 3.07. The van der Waals surface area contributed by atoms with Gasteiger partial charge in [-0.2, -0.15) is 0 Å². The zero-order valence-electron chi connectivity index (χ0n) is 11.9. The number of aryl methyl sites for hydroxylation is 2. The molecular formula is C16H26N2. The highest BCUT2D eigenvalue weighted by Crippen LogP contribution is 2.02. The molecule has 0 N–H and O–H groups in total.